The number of hydrogen-bond acceptors (Lipinski definition) is 4. The molecule has 1 aromatic heterocycles. The number of carbonyl (C=O) groups excluding carboxylic acids is 1. The number of aryl methyl sites for hydroxylation is 2. The lowest BCUT2D eigenvalue weighted by Crippen LogP contribution is -2.38. The van der Waals surface area contributed by atoms with E-state index in [0.717, 1.165) is 49.8 Å². The average Bonchev–Trinajstić information content (AvgIpc) is 2.84. The minimum atomic E-state index is -4.52. The molecular formula is C28H29ClF3N3O. The second-order valence-corrected chi connectivity index (χ2v) is 9.87. The Labute approximate surface area is 214 Å². The zero-order valence-electron chi connectivity index (χ0n) is 20.4. The van der Waals surface area contributed by atoms with Gasteiger partial charge in [-0.1, -0.05) is 55.1 Å². The first-order chi connectivity index (χ1) is 17.1. The lowest BCUT2D eigenvalue weighted by Gasteiger charge is -2.36. The molecule has 1 fully saturated rings. The number of Topliss-reactive ketones (excluding diaryl/α,β-unsaturated/α-hetero) is 1. The van der Waals surface area contributed by atoms with E-state index in [2.05, 4.69) is 9.97 Å². The van der Waals surface area contributed by atoms with Crippen molar-refractivity contribution in [3.05, 3.63) is 87.8 Å². The van der Waals surface area contributed by atoms with Crippen molar-refractivity contribution in [2.45, 2.75) is 64.7 Å². The first-order valence-electron chi connectivity index (χ1n) is 12.2. The third kappa shape index (κ3) is 6.25. The predicted octanol–water partition coefficient (Wildman–Crippen LogP) is 7.66. The summed E-state index contributed by atoms with van der Waals surface area (Å²) in [5.41, 5.74) is 1.11. The zero-order chi connectivity index (χ0) is 25.9. The highest BCUT2D eigenvalue weighted by Crippen LogP contribution is 2.38. The number of rotatable bonds is 7. The molecule has 2 aromatic carbocycles. The lowest BCUT2D eigenvalue weighted by molar-refractivity contribution is -0.137. The number of alkyl halides is 3. The van der Waals surface area contributed by atoms with Gasteiger partial charge in [0.15, 0.2) is 5.78 Å². The van der Waals surface area contributed by atoms with Crippen LogP contribution < -0.4 is 4.90 Å². The molecule has 4 nitrogen and oxygen atoms in total. The molecule has 1 heterocycles. The van der Waals surface area contributed by atoms with Crippen LogP contribution in [0, 0.1) is 19.8 Å². The molecule has 3 aromatic rings. The van der Waals surface area contributed by atoms with Crippen LogP contribution in [0.25, 0.3) is 0 Å². The predicted molar refractivity (Wildman–Crippen MR) is 135 cm³/mol. The second-order valence-electron chi connectivity index (χ2n) is 9.43. The van der Waals surface area contributed by atoms with Crippen LogP contribution in [-0.4, -0.2) is 15.8 Å². The van der Waals surface area contributed by atoms with E-state index in [4.69, 9.17) is 11.6 Å². The topological polar surface area (TPSA) is 46.1 Å². The van der Waals surface area contributed by atoms with Gasteiger partial charge in [-0.15, -0.1) is 0 Å². The van der Waals surface area contributed by atoms with Crippen LogP contribution >= 0.6 is 11.6 Å². The van der Waals surface area contributed by atoms with E-state index in [9.17, 15) is 18.0 Å². The normalized spacial score (nSPS) is 15.5. The molecule has 1 unspecified atom stereocenters. The fraction of sp³-hybridized carbons (Fsp3) is 0.393. The Bertz CT molecular complexity index is 1190. The first kappa shape index (κ1) is 26.1. The minimum absolute atomic E-state index is 0.0723. The summed E-state index contributed by atoms with van der Waals surface area (Å²) >= 11 is 6.08. The molecule has 1 atom stereocenters. The summed E-state index contributed by atoms with van der Waals surface area (Å²) in [7, 11) is 0. The van der Waals surface area contributed by atoms with Gasteiger partial charge in [0.1, 0.15) is 17.7 Å². The van der Waals surface area contributed by atoms with Gasteiger partial charge in [-0.05, 0) is 62.1 Å². The molecule has 0 aliphatic heterocycles. The lowest BCUT2D eigenvalue weighted by atomic mass is 9.81. The van der Waals surface area contributed by atoms with E-state index in [-0.39, 0.29) is 18.2 Å². The number of benzene rings is 2. The monoisotopic (exact) mass is 515 g/mol. The summed E-state index contributed by atoms with van der Waals surface area (Å²) in [5.74, 6) is 0.743. The molecule has 0 N–H and O–H groups in total. The SMILES string of the molecule is Cc1cc(N(Cc2ccc(Cl)cc2)C(C(=O)C2CCCCC2)c2cccc(C(F)(F)F)c2)nc(C)n1. The largest absolute Gasteiger partial charge is 0.416 e. The fourth-order valence-corrected chi connectivity index (χ4v) is 5.05. The van der Waals surface area contributed by atoms with Crippen LogP contribution in [-0.2, 0) is 17.5 Å². The average molecular weight is 516 g/mol. The maximum absolute atomic E-state index is 14.1. The Balaban J connectivity index is 1.87. The van der Waals surface area contributed by atoms with Crippen molar-refractivity contribution in [2.75, 3.05) is 4.90 Å². The molecule has 0 radical (unpaired) electrons. The molecule has 36 heavy (non-hydrogen) atoms. The second kappa shape index (κ2) is 11.0. The van der Waals surface area contributed by atoms with Crippen molar-refractivity contribution in [1.29, 1.82) is 0 Å². The number of anilines is 1. The van der Waals surface area contributed by atoms with Gasteiger partial charge in [-0.3, -0.25) is 4.79 Å². The Morgan fingerprint density at radius 1 is 1.03 bits per heavy atom. The highest BCUT2D eigenvalue weighted by molar-refractivity contribution is 6.30. The summed E-state index contributed by atoms with van der Waals surface area (Å²) in [5, 5.41) is 0.576. The van der Waals surface area contributed by atoms with Gasteiger partial charge in [0.25, 0.3) is 0 Å². The van der Waals surface area contributed by atoms with E-state index < -0.39 is 17.8 Å². The standard InChI is InChI=1S/C28H29ClF3N3O/c1-18-15-25(34-19(2)33-18)35(17-20-11-13-24(29)14-12-20)26(27(36)21-7-4-3-5-8-21)22-9-6-10-23(16-22)28(30,31)32/h6,9-16,21,26H,3-5,7-8,17H2,1-2H3. The molecule has 8 heteroatoms. The van der Waals surface area contributed by atoms with Crippen LogP contribution in [0.4, 0.5) is 19.0 Å². The molecule has 1 saturated carbocycles. The Morgan fingerprint density at radius 2 is 1.72 bits per heavy atom. The van der Waals surface area contributed by atoms with E-state index >= 15 is 0 Å². The van der Waals surface area contributed by atoms with Crippen molar-refractivity contribution in [1.82, 2.24) is 9.97 Å². The summed E-state index contributed by atoms with van der Waals surface area (Å²) in [6.45, 7) is 3.87. The van der Waals surface area contributed by atoms with Crippen LogP contribution in [0.15, 0.2) is 54.6 Å². The number of hydrogen-bond donors (Lipinski definition) is 0. The Kier molecular flexibility index (Phi) is 7.98. The number of carbonyl (C=O) groups is 1. The van der Waals surface area contributed by atoms with Crippen LogP contribution in [0.1, 0.15) is 66.4 Å². The van der Waals surface area contributed by atoms with Gasteiger partial charge in [-0.25, -0.2) is 9.97 Å². The maximum atomic E-state index is 14.1. The summed E-state index contributed by atoms with van der Waals surface area (Å²) in [6, 6.07) is 13.2. The molecule has 4 rings (SSSR count). The van der Waals surface area contributed by atoms with Crippen molar-refractivity contribution in [3.8, 4) is 0 Å². The van der Waals surface area contributed by atoms with Gasteiger partial charge in [0.05, 0.1) is 5.56 Å². The van der Waals surface area contributed by atoms with Crippen molar-refractivity contribution in [3.63, 3.8) is 0 Å². The first-order valence-corrected chi connectivity index (χ1v) is 12.5. The number of nitrogens with zero attached hydrogens (tertiary/aromatic N) is 3. The molecular weight excluding hydrogens is 487 g/mol. The highest BCUT2D eigenvalue weighted by atomic mass is 35.5. The number of halogens is 4. The van der Waals surface area contributed by atoms with Crippen LogP contribution in [0.2, 0.25) is 5.02 Å². The van der Waals surface area contributed by atoms with Crippen LogP contribution in [0.5, 0.6) is 0 Å². The van der Waals surface area contributed by atoms with E-state index in [0.29, 0.717) is 27.9 Å². The highest BCUT2D eigenvalue weighted by Gasteiger charge is 2.37. The number of aromatic nitrogens is 2. The quantitative estimate of drug-likeness (QED) is 0.324. The number of ketones is 1. The summed E-state index contributed by atoms with van der Waals surface area (Å²) < 4.78 is 41.0. The molecule has 0 saturated heterocycles. The Hall–Kier alpha value is -2.93. The van der Waals surface area contributed by atoms with Gasteiger partial charge in [0.2, 0.25) is 0 Å². The van der Waals surface area contributed by atoms with Crippen molar-refractivity contribution >= 4 is 23.2 Å². The van der Waals surface area contributed by atoms with E-state index in [1.165, 1.54) is 6.07 Å². The molecule has 1 aliphatic carbocycles. The third-order valence-corrected chi connectivity index (χ3v) is 6.88. The van der Waals surface area contributed by atoms with Crippen molar-refractivity contribution in [2.24, 2.45) is 5.92 Å². The van der Waals surface area contributed by atoms with E-state index in [1.54, 1.807) is 31.2 Å². The van der Waals surface area contributed by atoms with E-state index in [1.807, 2.05) is 24.0 Å². The third-order valence-electron chi connectivity index (χ3n) is 6.63. The van der Waals surface area contributed by atoms with Crippen LogP contribution in [0.3, 0.4) is 0 Å². The van der Waals surface area contributed by atoms with Gasteiger partial charge in [0, 0.05) is 29.2 Å². The molecule has 1 aliphatic rings. The Morgan fingerprint density at radius 3 is 2.36 bits per heavy atom. The van der Waals surface area contributed by atoms with Crippen molar-refractivity contribution < 1.29 is 18.0 Å². The smallest absolute Gasteiger partial charge is 0.338 e. The molecule has 0 amide bonds. The fourth-order valence-electron chi connectivity index (χ4n) is 4.93. The van der Waals surface area contributed by atoms with Gasteiger partial charge >= 0.3 is 6.18 Å². The van der Waals surface area contributed by atoms with Gasteiger partial charge < -0.3 is 4.90 Å². The minimum Gasteiger partial charge on any atom is -0.338 e. The maximum Gasteiger partial charge on any atom is 0.416 e. The summed E-state index contributed by atoms with van der Waals surface area (Å²) in [4.78, 5) is 24.9. The molecule has 0 bridgehead atoms. The van der Waals surface area contributed by atoms with Gasteiger partial charge in [-0.2, -0.15) is 13.2 Å². The zero-order valence-corrected chi connectivity index (χ0v) is 21.1. The molecule has 190 valence electrons. The molecule has 0 spiro atoms. The summed E-state index contributed by atoms with van der Waals surface area (Å²) in [6.07, 6.45) is -0.0899.